The molecule has 88 valence electrons. The normalized spacial score (nSPS) is 10.8. The summed E-state index contributed by atoms with van der Waals surface area (Å²) in [5.74, 6) is -0.295. The van der Waals surface area contributed by atoms with Crippen molar-refractivity contribution in [2.45, 2.75) is 6.92 Å². The van der Waals surface area contributed by atoms with Crippen molar-refractivity contribution >= 4 is 39.8 Å². The molecule has 0 unspecified atom stereocenters. The first-order valence-electron chi connectivity index (χ1n) is 4.54. The molecule has 2 aromatic rings. The highest BCUT2D eigenvalue weighted by molar-refractivity contribution is 6.45. The lowest BCUT2D eigenvalue weighted by molar-refractivity contribution is -0.383. The molecule has 1 N–H and O–H groups in total. The third kappa shape index (κ3) is 1.87. The van der Waals surface area contributed by atoms with Gasteiger partial charge in [0.05, 0.1) is 15.0 Å². The Balaban J connectivity index is 3.04. The maximum Gasteiger partial charge on any atom is 0.297 e. The second-order valence-electron chi connectivity index (χ2n) is 3.47. The van der Waals surface area contributed by atoms with E-state index in [0.29, 0.717) is 10.9 Å². The van der Waals surface area contributed by atoms with Crippen molar-refractivity contribution in [2.75, 3.05) is 0 Å². The summed E-state index contributed by atoms with van der Waals surface area (Å²) in [5, 5.41) is 20.9. The van der Waals surface area contributed by atoms with Crippen molar-refractivity contribution in [1.29, 1.82) is 0 Å². The van der Waals surface area contributed by atoms with Crippen LogP contribution in [0.1, 0.15) is 5.56 Å². The number of halogens is 2. The van der Waals surface area contributed by atoms with Gasteiger partial charge in [0.25, 0.3) is 5.69 Å². The Morgan fingerprint density at radius 1 is 1.41 bits per heavy atom. The van der Waals surface area contributed by atoms with Gasteiger partial charge >= 0.3 is 0 Å². The molecule has 0 aliphatic rings. The molecule has 1 aromatic carbocycles. The lowest BCUT2D eigenvalue weighted by atomic mass is 10.1. The molecular formula is C10H6Cl2N2O3. The predicted molar refractivity (Wildman–Crippen MR) is 64.8 cm³/mol. The molecule has 0 saturated heterocycles. The molecule has 2 rings (SSSR count). The first-order valence-corrected chi connectivity index (χ1v) is 5.30. The maximum atomic E-state index is 10.9. The summed E-state index contributed by atoms with van der Waals surface area (Å²) in [6.07, 6.45) is 0. The van der Waals surface area contributed by atoms with Crippen LogP contribution in [-0.2, 0) is 0 Å². The van der Waals surface area contributed by atoms with Crippen LogP contribution in [-0.4, -0.2) is 15.0 Å². The summed E-state index contributed by atoms with van der Waals surface area (Å²) in [7, 11) is 0. The number of nitrogens with zero attached hydrogens (tertiary/aromatic N) is 2. The minimum atomic E-state index is -0.615. The van der Waals surface area contributed by atoms with Crippen LogP contribution in [0, 0.1) is 17.0 Å². The van der Waals surface area contributed by atoms with E-state index in [1.807, 2.05) is 0 Å². The number of aryl methyl sites for hydroxylation is 1. The Morgan fingerprint density at radius 3 is 2.65 bits per heavy atom. The molecule has 0 bridgehead atoms. The minimum absolute atomic E-state index is 0.0295. The number of pyridine rings is 1. The number of non-ortho nitro benzene ring substituents is 1. The highest BCUT2D eigenvalue weighted by Gasteiger charge is 2.20. The zero-order valence-corrected chi connectivity index (χ0v) is 10.1. The fourth-order valence-corrected chi connectivity index (χ4v) is 2.12. The van der Waals surface area contributed by atoms with Gasteiger partial charge in [-0.05, 0) is 12.5 Å². The zero-order chi connectivity index (χ0) is 12.7. The van der Waals surface area contributed by atoms with Gasteiger partial charge in [-0.2, -0.15) is 0 Å². The van der Waals surface area contributed by atoms with Crippen molar-refractivity contribution in [3.05, 3.63) is 37.9 Å². The number of nitro groups is 1. The van der Waals surface area contributed by atoms with E-state index in [4.69, 9.17) is 23.2 Å². The molecule has 7 heteroatoms. The molecule has 5 nitrogen and oxygen atoms in total. The van der Waals surface area contributed by atoms with Crippen LogP contribution >= 0.6 is 23.2 Å². The fraction of sp³-hybridized carbons (Fsp3) is 0.100. The van der Waals surface area contributed by atoms with Crippen LogP contribution in [0.15, 0.2) is 12.1 Å². The summed E-state index contributed by atoms with van der Waals surface area (Å²) < 4.78 is 0. The van der Waals surface area contributed by atoms with Gasteiger partial charge in [-0.25, -0.2) is 4.98 Å². The Morgan fingerprint density at radius 2 is 2.06 bits per heavy atom. The molecule has 0 aliphatic carbocycles. The van der Waals surface area contributed by atoms with Crippen LogP contribution in [0.2, 0.25) is 10.0 Å². The number of aromatic hydroxyl groups is 1. The van der Waals surface area contributed by atoms with E-state index >= 15 is 0 Å². The summed E-state index contributed by atoms with van der Waals surface area (Å²) in [6, 6.07) is 2.49. The van der Waals surface area contributed by atoms with Crippen molar-refractivity contribution < 1.29 is 10.0 Å². The Kier molecular flexibility index (Phi) is 2.81. The van der Waals surface area contributed by atoms with Crippen molar-refractivity contribution in [1.82, 2.24) is 4.98 Å². The van der Waals surface area contributed by atoms with Gasteiger partial charge in [-0.15, -0.1) is 0 Å². The summed E-state index contributed by atoms with van der Waals surface area (Å²) >= 11 is 11.8. The number of benzene rings is 1. The highest BCUT2D eigenvalue weighted by Crippen LogP contribution is 2.38. The molecule has 0 radical (unpaired) electrons. The number of rotatable bonds is 1. The van der Waals surface area contributed by atoms with Gasteiger partial charge < -0.3 is 5.11 Å². The summed E-state index contributed by atoms with van der Waals surface area (Å²) in [4.78, 5) is 14.0. The summed E-state index contributed by atoms with van der Waals surface area (Å²) in [5.41, 5.74) is 0.318. The molecule has 0 saturated carbocycles. The molecule has 0 spiro atoms. The lowest BCUT2D eigenvalue weighted by Crippen LogP contribution is -1.94. The SMILES string of the molecule is Cc1cc(O)nc2c([N+](=O)[O-])cc(Cl)c(Cl)c12. The average Bonchev–Trinajstić information content (AvgIpc) is 2.21. The average molecular weight is 273 g/mol. The number of aromatic nitrogens is 1. The largest absolute Gasteiger partial charge is 0.493 e. The monoisotopic (exact) mass is 272 g/mol. The van der Waals surface area contributed by atoms with Crippen LogP contribution in [0.3, 0.4) is 0 Å². The number of fused-ring (bicyclic) bond motifs is 1. The molecule has 1 heterocycles. The van der Waals surface area contributed by atoms with Crippen LogP contribution < -0.4 is 0 Å². The van der Waals surface area contributed by atoms with E-state index in [0.717, 1.165) is 6.07 Å². The van der Waals surface area contributed by atoms with E-state index in [9.17, 15) is 15.2 Å². The van der Waals surface area contributed by atoms with Gasteiger partial charge in [-0.1, -0.05) is 23.2 Å². The fourth-order valence-electron chi connectivity index (χ4n) is 1.63. The van der Waals surface area contributed by atoms with E-state index in [1.165, 1.54) is 6.07 Å². The van der Waals surface area contributed by atoms with E-state index < -0.39 is 4.92 Å². The Hall–Kier alpha value is -1.59. The van der Waals surface area contributed by atoms with Gasteiger partial charge in [0.1, 0.15) is 0 Å². The van der Waals surface area contributed by atoms with Gasteiger partial charge in [0, 0.05) is 17.5 Å². The van der Waals surface area contributed by atoms with Crippen molar-refractivity contribution in [3.8, 4) is 5.88 Å². The third-order valence-electron chi connectivity index (χ3n) is 2.34. The van der Waals surface area contributed by atoms with E-state index in [1.54, 1.807) is 6.92 Å². The van der Waals surface area contributed by atoms with Crippen LogP contribution in [0.4, 0.5) is 5.69 Å². The zero-order valence-electron chi connectivity index (χ0n) is 8.57. The predicted octanol–water partition coefficient (Wildman–Crippen LogP) is 3.46. The van der Waals surface area contributed by atoms with Crippen LogP contribution in [0.5, 0.6) is 5.88 Å². The first kappa shape index (κ1) is 11.9. The molecule has 17 heavy (non-hydrogen) atoms. The molecule has 0 amide bonds. The summed E-state index contributed by atoms with van der Waals surface area (Å²) in [6.45, 7) is 1.66. The van der Waals surface area contributed by atoms with Crippen molar-refractivity contribution in [3.63, 3.8) is 0 Å². The van der Waals surface area contributed by atoms with Gasteiger partial charge in [-0.3, -0.25) is 10.1 Å². The molecule has 0 fully saturated rings. The van der Waals surface area contributed by atoms with E-state index in [-0.39, 0.29) is 27.1 Å². The van der Waals surface area contributed by atoms with Crippen molar-refractivity contribution in [2.24, 2.45) is 0 Å². The molecule has 0 atom stereocenters. The Bertz CT molecular complexity index is 643. The highest BCUT2D eigenvalue weighted by atomic mass is 35.5. The van der Waals surface area contributed by atoms with Gasteiger partial charge in [0.2, 0.25) is 5.88 Å². The van der Waals surface area contributed by atoms with Crippen LogP contribution in [0.25, 0.3) is 10.9 Å². The number of hydrogen-bond donors (Lipinski definition) is 1. The molecule has 1 aromatic heterocycles. The maximum absolute atomic E-state index is 10.9. The number of nitro benzene ring substituents is 1. The second kappa shape index (κ2) is 4.01. The van der Waals surface area contributed by atoms with E-state index in [2.05, 4.69) is 4.98 Å². The number of hydrogen-bond acceptors (Lipinski definition) is 4. The lowest BCUT2D eigenvalue weighted by Gasteiger charge is -2.06. The molecule has 0 aliphatic heterocycles. The second-order valence-corrected chi connectivity index (χ2v) is 4.25. The minimum Gasteiger partial charge on any atom is -0.493 e. The first-order chi connectivity index (χ1) is 7.91. The molecular weight excluding hydrogens is 267 g/mol. The topological polar surface area (TPSA) is 76.3 Å². The quantitative estimate of drug-likeness (QED) is 0.637. The third-order valence-corrected chi connectivity index (χ3v) is 3.12. The Labute approximate surface area is 106 Å². The smallest absolute Gasteiger partial charge is 0.297 e. The van der Waals surface area contributed by atoms with Gasteiger partial charge in [0.15, 0.2) is 5.52 Å². The standard InChI is InChI=1S/C10H6Cl2N2O3/c1-4-2-7(15)13-10-6(14(16)17)3-5(11)9(12)8(4)10/h2-3H,1H3,(H,13,15).